The van der Waals surface area contributed by atoms with Crippen molar-refractivity contribution in [3.05, 3.63) is 29.6 Å². The monoisotopic (exact) mass is 190 g/mol. The molecule has 0 fully saturated rings. The number of hydrogen-bond acceptors (Lipinski definition) is 3. The smallest absolute Gasteiger partial charge is 0.171 e. The van der Waals surface area contributed by atoms with Gasteiger partial charge in [-0.15, -0.1) is 5.10 Å². The summed E-state index contributed by atoms with van der Waals surface area (Å²) in [6, 6.07) is 3.77. The predicted octanol–water partition coefficient (Wildman–Crippen LogP) is 1.49. The van der Waals surface area contributed by atoms with Crippen molar-refractivity contribution in [2.75, 3.05) is 0 Å². The van der Waals surface area contributed by atoms with Crippen LogP contribution in [0.15, 0.2) is 28.5 Å². The standard InChI is InChI=1S/C10H14N4/c1-3-6-13-14-10(11)9-5-4-8(2)7-12-9/h4-7H,3H2,1-2H3,(H2,11,14)/b13-6+. The van der Waals surface area contributed by atoms with Gasteiger partial charge in [-0.3, -0.25) is 4.98 Å². The van der Waals surface area contributed by atoms with E-state index in [4.69, 9.17) is 5.73 Å². The first kappa shape index (κ1) is 10.4. The van der Waals surface area contributed by atoms with Crippen molar-refractivity contribution < 1.29 is 0 Å². The van der Waals surface area contributed by atoms with Crippen LogP contribution in [0.3, 0.4) is 0 Å². The number of aryl methyl sites for hydroxylation is 1. The Bertz CT molecular complexity index is 338. The van der Waals surface area contributed by atoms with Crippen LogP contribution < -0.4 is 5.73 Å². The molecule has 0 aromatic carbocycles. The Morgan fingerprint density at radius 1 is 1.57 bits per heavy atom. The van der Waals surface area contributed by atoms with E-state index in [9.17, 15) is 0 Å². The van der Waals surface area contributed by atoms with E-state index >= 15 is 0 Å². The van der Waals surface area contributed by atoms with Crippen LogP contribution >= 0.6 is 0 Å². The number of amidine groups is 1. The molecule has 1 aromatic rings. The minimum Gasteiger partial charge on any atom is -0.380 e. The van der Waals surface area contributed by atoms with Crippen LogP contribution in [0.2, 0.25) is 0 Å². The molecule has 2 N–H and O–H groups in total. The first-order chi connectivity index (χ1) is 6.74. The topological polar surface area (TPSA) is 63.6 Å². The third-order valence-electron chi connectivity index (χ3n) is 1.60. The van der Waals surface area contributed by atoms with E-state index in [-0.39, 0.29) is 0 Å². The molecule has 0 atom stereocenters. The molecule has 1 aromatic heterocycles. The molecule has 1 heterocycles. The highest BCUT2D eigenvalue weighted by molar-refractivity contribution is 5.95. The van der Waals surface area contributed by atoms with Gasteiger partial charge in [0.15, 0.2) is 5.84 Å². The van der Waals surface area contributed by atoms with Gasteiger partial charge in [0.05, 0.1) is 0 Å². The molecule has 0 saturated heterocycles. The van der Waals surface area contributed by atoms with Gasteiger partial charge in [-0.1, -0.05) is 13.0 Å². The predicted molar refractivity (Wildman–Crippen MR) is 58.5 cm³/mol. The molecule has 4 heteroatoms. The van der Waals surface area contributed by atoms with Crippen LogP contribution in [0.1, 0.15) is 24.6 Å². The lowest BCUT2D eigenvalue weighted by molar-refractivity contribution is 1.16. The van der Waals surface area contributed by atoms with E-state index in [0.29, 0.717) is 11.5 Å². The Kier molecular flexibility index (Phi) is 3.79. The van der Waals surface area contributed by atoms with Crippen molar-refractivity contribution in [3.63, 3.8) is 0 Å². The molecule has 0 aliphatic carbocycles. The molecule has 0 unspecified atom stereocenters. The molecule has 0 bridgehead atoms. The number of aromatic nitrogens is 1. The second-order valence-corrected chi connectivity index (χ2v) is 2.91. The third-order valence-corrected chi connectivity index (χ3v) is 1.60. The average molecular weight is 190 g/mol. The number of nitrogens with two attached hydrogens (primary N) is 1. The van der Waals surface area contributed by atoms with Crippen molar-refractivity contribution in [1.29, 1.82) is 0 Å². The molecule has 0 amide bonds. The van der Waals surface area contributed by atoms with Crippen molar-refractivity contribution in [1.82, 2.24) is 4.98 Å². The van der Waals surface area contributed by atoms with Crippen molar-refractivity contribution in [2.24, 2.45) is 15.9 Å². The average Bonchev–Trinajstić information content (AvgIpc) is 2.19. The quantitative estimate of drug-likeness (QED) is 0.446. The fourth-order valence-corrected chi connectivity index (χ4v) is 0.855. The minimum atomic E-state index is 0.342. The van der Waals surface area contributed by atoms with Gasteiger partial charge in [0.25, 0.3) is 0 Å². The molecular formula is C10H14N4. The van der Waals surface area contributed by atoms with Gasteiger partial charge < -0.3 is 5.73 Å². The number of rotatable bonds is 3. The summed E-state index contributed by atoms with van der Waals surface area (Å²) in [6.07, 6.45) is 4.29. The van der Waals surface area contributed by atoms with Crippen LogP contribution in [0.4, 0.5) is 0 Å². The summed E-state index contributed by atoms with van der Waals surface area (Å²) >= 11 is 0. The molecule has 4 nitrogen and oxygen atoms in total. The van der Waals surface area contributed by atoms with E-state index in [1.807, 2.05) is 26.0 Å². The normalized spacial score (nSPS) is 12.3. The Labute approximate surface area is 83.6 Å². The summed E-state index contributed by atoms with van der Waals surface area (Å²) in [5.74, 6) is 0.342. The van der Waals surface area contributed by atoms with Gasteiger partial charge in [-0.05, 0) is 25.0 Å². The molecule has 0 aliphatic rings. The highest BCUT2D eigenvalue weighted by atomic mass is 15.2. The van der Waals surface area contributed by atoms with E-state index in [1.54, 1.807) is 12.4 Å². The number of pyridine rings is 1. The summed E-state index contributed by atoms with van der Waals surface area (Å²) in [5, 5.41) is 7.60. The first-order valence-electron chi connectivity index (χ1n) is 4.52. The molecule has 0 saturated carbocycles. The third kappa shape index (κ3) is 2.97. The van der Waals surface area contributed by atoms with E-state index in [0.717, 1.165) is 12.0 Å². The number of nitrogens with zero attached hydrogens (tertiary/aromatic N) is 3. The Morgan fingerprint density at radius 2 is 2.36 bits per heavy atom. The number of hydrogen-bond donors (Lipinski definition) is 1. The summed E-state index contributed by atoms with van der Waals surface area (Å²) in [4.78, 5) is 4.13. The molecule has 74 valence electrons. The largest absolute Gasteiger partial charge is 0.380 e. The maximum atomic E-state index is 5.66. The highest BCUT2D eigenvalue weighted by Gasteiger charge is 1.97. The maximum absolute atomic E-state index is 5.66. The van der Waals surface area contributed by atoms with Crippen LogP contribution in [-0.2, 0) is 0 Å². The molecule has 0 aliphatic heterocycles. The Hall–Kier alpha value is -1.71. The minimum absolute atomic E-state index is 0.342. The van der Waals surface area contributed by atoms with Gasteiger partial charge in [-0.2, -0.15) is 5.10 Å². The fourth-order valence-electron chi connectivity index (χ4n) is 0.855. The van der Waals surface area contributed by atoms with Crippen molar-refractivity contribution >= 4 is 12.1 Å². The Balaban J connectivity index is 2.78. The fraction of sp³-hybridized carbons (Fsp3) is 0.300. The summed E-state index contributed by atoms with van der Waals surface area (Å²) in [5.41, 5.74) is 7.41. The lowest BCUT2D eigenvalue weighted by atomic mass is 10.3. The lowest BCUT2D eigenvalue weighted by Crippen LogP contribution is -2.14. The molecule has 0 radical (unpaired) electrons. The van der Waals surface area contributed by atoms with Gasteiger partial charge in [0.1, 0.15) is 5.69 Å². The molecule has 14 heavy (non-hydrogen) atoms. The van der Waals surface area contributed by atoms with Gasteiger partial charge in [-0.25, -0.2) is 0 Å². The Morgan fingerprint density at radius 3 is 2.93 bits per heavy atom. The SMILES string of the molecule is CC/C=N/N=C(\N)c1ccc(C)cn1. The summed E-state index contributed by atoms with van der Waals surface area (Å²) in [6.45, 7) is 3.96. The highest BCUT2D eigenvalue weighted by Crippen LogP contribution is 1.98. The van der Waals surface area contributed by atoms with Crippen LogP contribution in [0, 0.1) is 6.92 Å². The van der Waals surface area contributed by atoms with E-state index < -0.39 is 0 Å². The summed E-state index contributed by atoms with van der Waals surface area (Å²) < 4.78 is 0. The van der Waals surface area contributed by atoms with Crippen molar-refractivity contribution in [2.45, 2.75) is 20.3 Å². The van der Waals surface area contributed by atoms with Crippen LogP contribution in [0.25, 0.3) is 0 Å². The second kappa shape index (κ2) is 5.11. The van der Waals surface area contributed by atoms with Gasteiger partial charge in [0.2, 0.25) is 0 Å². The zero-order chi connectivity index (χ0) is 10.4. The van der Waals surface area contributed by atoms with E-state index in [1.165, 1.54) is 0 Å². The maximum Gasteiger partial charge on any atom is 0.171 e. The zero-order valence-electron chi connectivity index (χ0n) is 8.44. The molecule has 1 rings (SSSR count). The van der Waals surface area contributed by atoms with Crippen molar-refractivity contribution in [3.8, 4) is 0 Å². The zero-order valence-corrected chi connectivity index (χ0v) is 8.44. The van der Waals surface area contributed by atoms with Gasteiger partial charge >= 0.3 is 0 Å². The molecular weight excluding hydrogens is 176 g/mol. The second-order valence-electron chi connectivity index (χ2n) is 2.91. The van der Waals surface area contributed by atoms with Gasteiger partial charge in [0, 0.05) is 12.4 Å². The molecule has 0 spiro atoms. The van der Waals surface area contributed by atoms with Crippen LogP contribution in [0.5, 0.6) is 0 Å². The first-order valence-corrected chi connectivity index (χ1v) is 4.52. The summed E-state index contributed by atoms with van der Waals surface area (Å²) in [7, 11) is 0. The van der Waals surface area contributed by atoms with E-state index in [2.05, 4.69) is 15.2 Å². The van der Waals surface area contributed by atoms with Crippen LogP contribution in [-0.4, -0.2) is 17.0 Å². The lowest BCUT2D eigenvalue weighted by Gasteiger charge is -1.97.